The molecule has 1 heterocycles. The summed E-state index contributed by atoms with van der Waals surface area (Å²) in [7, 11) is 3.73. The first-order valence-corrected chi connectivity index (χ1v) is 6.96. The first-order valence-electron chi connectivity index (χ1n) is 6.96. The van der Waals surface area contributed by atoms with E-state index in [2.05, 4.69) is 23.7 Å². The molecule has 0 fully saturated rings. The molecule has 1 aliphatic rings. The topological polar surface area (TPSA) is 40.5 Å². The van der Waals surface area contributed by atoms with E-state index in [1.165, 1.54) is 22.2 Å². The van der Waals surface area contributed by atoms with E-state index in [1.54, 1.807) is 7.11 Å². The SMILES string of the molecule is CCOC(=O)C1Cc2c(n(C)c3ccc(OC)cc23)C1. The quantitative estimate of drug-likeness (QED) is 0.807. The van der Waals surface area contributed by atoms with Crippen molar-refractivity contribution in [2.24, 2.45) is 13.0 Å². The number of hydrogen-bond donors (Lipinski definition) is 0. The summed E-state index contributed by atoms with van der Waals surface area (Å²) in [4.78, 5) is 11.9. The number of esters is 1. The Labute approximate surface area is 118 Å². The van der Waals surface area contributed by atoms with E-state index in [1.807, 2.05) is 13.0 Å². The molecular weight excluding hydrogens is 254 g/mol. The molecule has 0 saturated carbocycles. The number of rotatable bonds is 3. The Morgan fingerprint density at radius 2 is 2.20 bits per heavy atom. The Kier molecular flexibility index (Phi) is 3.16. The average Bonchev–Trinajstić information content (AvgIpc) is 3.00. The maximum atomic E-state index is 11.9. The van der Waals surface area contributed by atoms with Gasteiger partial charge in [0.15, 0.2) is 0 Å². The fraction of sp³-hybridized carbons (Fsp3) is 0.438. The van der Waals surface area contributed by atoms with Gasteiger partial charge in [-0.1, -0.05) is 0 Å². The van der Waals surface area contributed by atoms with Crippen LogP contribution in [0.3, 0.4) is 0 Å². The van der Waals surface area contributed by atoms with Crippen molar-refractivity contribution < 1.29 is 14.3 Å². The summed E-state index contributed by atoms with van der Waals surface area (Å²) in [5, 5.41) is 1.19. The lowest BCUT2D eigenvalue weighted by atomic mass is 10.0. The van der Waals surface area contributed by atoms with Crippen LogP contribution in [0.5, 0.6) is 5.75 Å². The van der Waals surface area contributed by atoms with Crippen molar-refractivity contribution >= 4 is 16.9 Å². The Balaban J connectivity index is 2.01. The second kappa shape index (κ2) is 4.85. The van der Waals surface area contributed by atoms with Gasteiger partial charge < -0.3 is 14.0 Å². The van der Waals surface area contributed by atoms with Gasteiger partial charge in [-0.3, -0.25) is 4.79 Å². The van der Waals surface area contributed by atoms with Crippen LogP contribution in [0.1, 0.15) is 18.2 Å². The van der Waals surface area contributed by atoms with Crippen molar-refractivity contribution in [3.8, 4) is 5.75 Å². The minimum absolute atomic E-state index is 0.0400. The summed E-state index contributed by atoms with van der Waals surface area (Å²) in [5.41, 5.74) is 3.70. The van der Waals surface area contributed by atoms with Crippen molar-refractivity contribution in [1.29, 1.82) is 0 Å². The Bertz CT molecular complexity index is 672. The smallest absolute Gasteiger partial charge is 0.309 e. The van der Waals surface area contributed by atoms with Gasteiger partial charge in [0.1, 0.15) is 5.75 Å². The molecule has 0 bridgehead atoms. The van der Waals surface area contributed by atoms with Gasteiger partial charge in [0.2, 0.25) is 0 Å². The van der Waals surface area contributed by atoms with Crippen LogP contribution in [-0.2, 0) is 29.4 Å². The summed E-state index contributed by atoms with van der Waals surface area (Å²) in [6.07, 6.45) is 1.53. The number of aryl methyl sites for hydroxylation is 1. The van der Waals surface area contributed by atoms with Crippen LogP contribution >= 0.6 is 0 Å². The van der Waals surface area contributed by atoms with Gasteiger partial charge in [0, 0.05) is 30.1 Å². The minimum atomic E-state index is -0.0836. The summed E-state index contributed by atoms with van der Waals surface area (Å²) in [5.74, 6) is 0.729. The van der Waals surface area contributed by atoms with Crippen LogP contribution in [0.25, 0.3) is 10.9 Å². The summed E-state index contributed by atoms with van der Waals surface area (Å²) >= 11 is 0. The molecule has 0 radical (unpaired) electrons. The molecule has 0 spiro atoms. The molecule has 2 aromatic rings. The van der Waals surface area contributed by atoms with Gasteiger partial charge >= 0.3 is 5.97 Å². The predicted octanol–water partition coefficient (Wildman–Crippen LogP) is 2.46. The van der Waals surface area contributed by atoms with Gasteiger partial charge in [-0.05, 0) is 37.1 Å². The van der Waals surface area contributed by atoms with Gasteiger partial charge in [0.25, 0.3) is 0 Å². The highest BCUT2D eigenvalue weighted by molar-refractivity contribution is 5.89. The summed E-state index contributed by atoms with van der Waals surface area (Å²) < 4.78 is 12.6. The molecule has 1 aromatic carbocycles. The van der Waals surface area contributed by atoms with Crippen molar-refractivity contribution in [1.82, 2.24) is 4.57 Å². The molecule has 1 atom stereocenters. The van der Waals surface area contributed by atoms with Crippen molar-refractivity contribution in [2.75, 3.05) is 13.7 Å². The molecule has 0 amide bonds. The highest BCUT2D eigenvalue weighted by Gasteiger charge is 2.32. The molecule has 1 aliphatic carbocycles. The van der Waals surface area contributed by atoms with Gasteiger partial charge in [0.05, 0.1) is 19.6 Å². The van der Waals surface area contributed by atoms with Crippen molar-refractivity contribution in [2.45, 2.75) is 19.8 Å². The second-order valence-electron chi connectivity index (χ2n) is 5.22. The molecule has 4 nitrogen and oxygen atoms in total. The standard InChI is InChI=1S/C16H19NO3/c1-4-20-16(18)10-7-12-13-9-11(19-3)5-6-14(13)17(2)15(12)8-10/h5-6,9-10H,4,7-8H2,1-3H3. The molecule has 0 saturated heterocycles. The number of fused-ring (bicyclic) bond motifs is 3. The second-order valence-corrected chi connectivity index (χ2v) is 5.22. The van der Waals surface area contributed by atoms with E-state index in [-0.39, 0.29) is 11.9 Å². The monoisotopic (exact) mass is 273 g/mol. The molecule has 1 aromatic heterocycles. The number of ether oxygens (including phenoxy) is 2. The summed E-state index contributed by atoms with van der Waals surface area (Å²) in [6.45, 7) is 2.29. The van der Waals surface area contributed by atoms with E-state index in [4.69, 9.17) is 9.47 Å². The van der Waals surface area contributed by atoms with Crippen LogP contribution in [0, 0.1) is 5.92 Å². The predicted molar refractivity (Wildman–Crippen MR) is 77.0 cm³/mol. The zero-order chi connectivity index (χ0) is 14.3. The molecule has 4 heteroatoms. The molecule has 0 aliphatic heterocycles. The lowest BCUT2D eigenvalue weighted by molar-refractivity contribution is -0.147. The molecule has 106 valence electrons. The number of hydrogen-bond acceptors (Lipinski definition) is 3. The number of methoxy groups -OCH3 is 1. The van der Waals surface area contributed by atoms with E-state index in [9.17, 15) is 4.79 Å². The molecule has 0 N–H and O–H groups in total. The third-order valence-corrected chi connectivity index (χ3v) is 4.15. The maximum absolute atomic E-state index is 11.9. The third kappa shape index (κ3) is 1.87. The van der Waals surface area contributed by atoms with Gasteiger partial charge in [-0.15, -0.1) is 0 Å². The third-order valence-electron chi connectivity index (χ3n) is 4.15. The van der Waals surface area contributed by atoms with E-state index >= 15 is 0 Å². The Morgan fingerprint density at radius 1 is 1.40 bits per heavy atom. The van der Waals surface area contributed by atoms with Crippen molar-refractivity contribution in [3.05, 3.63) is 29.5 Å². The Morgan fingerprint density at radius 3 is 2.90 bits per heavy atom. The normalized spacial score (nSPS) is 17.2. The summed E-state index contributed by atoms with van der Waals surface area (Å²) in [6, 6.07) is 6.11. The highest BCUT2D eigenvalue weighted by atomic mass is 16.5. The number of nitrogens with zero attached hydrogens (tertiary/aromatic N) is 1. The number of benzene rings is 1. The largest absolute Gasteiger partial charge is 0.497 e. The van der Waals surface area contributed by atoms with Gasteiger partial charge in [-0.25, -0.2) is 0 Å². The van der Waals surface area contributed by atoms with Crippen LogP contribution in [0.4, 0.5) is 0 Å². The fourth-order valence-corrected chi connectivity index (χ4v) is 3.15. The minimum Gasteiger partial charge on any atom is -0.497 e. The van der Waals surface area contributed by atoms with Crippen LogP contribution in [0.2, 0.25) is 0 Å². The average molecular weight is 273 g/mol. The van der Waals surface area contributed by atoms with Crippen LogP contribution in [-0.4, -0.2) is 24.3 Å². The highest BCUT2D eigenvalue weighted by Crippen LogP contribution is 2.37. The van der Waals surface area contributed by atoms with E-state index < -0.39 is 0 Å². The molecular formula is C16H19NO3. The number of carbonyl (C=O) groups excluding carboxylic acids is 1. The molecule has 1 unspecified atom stereocenters. The lowest BCUT2D eigenvalue weighted by Gasteiger charge is -2.09. The molecule has 3 rings (SSSR count). The van der Waals surface area contributed by atoms with Crippen LogP contribution in [0.15, 0.2) is 18.2 Å². The fourth-order valence-electron chi connectivity index (χ4n) is 3.15. The zero-order valence-corrected chi connectivity index (χ0v) is 12.1. The van der Waals surface area contributed by atoms with E-state index in [0.717, 1.165) is 18.6 Å². The molecule has 20 heavy (non-hydrogen) atoms. The first-order chi connectivity index (χ1) is 9.65. The Hall–Kier alpha value is -1.97. The zero-order valence-electron chi connectivity index (χ0n) is 12.1. The number of carbonyl (C=O) groups is 1. The van der Waals surface area contributed by atoms with Crippen molar-refractivity contribution in [3.63, 3.8) is 0 Å². The maximum Gasteiger partial charge on any atom is 0.309 e. The number of aromatic nitrogens is 1. The van der Waals surface area contributed by atoms with Gasteiger partial charge in [-0.2, -0.15) is 0 Å². The van der Waals surface area contributed by atoms with E-state index in [0.29, 0.717) is 6.61 Å². The first kappa shape index (κ1) is 13.0. The van der Waals surface area contributed by atoms with Crippen LogP contribution < -0.4 is 4.74 Å². The lowest BCUT2D eigenvalue weighted by Crippen LogP contribution is -2.18.